The average molecular weight is 264 g/mol. The van der Waals surface area contributed by atoms with Gasteiger partial charge in [0.1, 0.15) is 5.82 Å². The number of hydrogen-bond donors (Lipinski definition) is 3. The van der Waals surface area contributed by atoms with Crippen LogP contribution in [0.4, 0.5) is 11.5 Å². The molecule has 0 bridgehead atoms. The van der Waals surface area contributed by atoms with Gasteiger partial charge in [-0.3, -0.25) is 0 Å². The molecule has 1 aromatic rings. The summed E-state index contributed by atoms with van der Waals surface area (Å²) in [6.45, 7) is 2.96. The average Bonchev–Trinajstić information content (AvgIpc) is 2.37. The molecule has 1 fully saturated rings. The Morgan fingerprint density at radius 3 is 3.16 bits per heavy atom. The zero-order valence-corrected chi connectivity index (χ0v) is 11.1. The van der Waals surface area contributed by atoms with Crippen molar-refractivity contribution in [2.75, 3.05) is 37.7 Å². The monoisotopic (exact) mass is 264 g/mol. The topological polar surface area (TPSA) is 91.5 Å². The van der Waals surface area contributed by atoms with E-state index in [4.69, 9.17) is 10.8 Å². The number of hydrogen-bond acceptors (Lipinski definition) is 5. The highest BCUT2D eigenvalue weighted by Crippen LogP contribution is 2.21. The number of piperidine rings is 1. The van der Waals surface area contributed by atoms with E-state index >= 15 is 0 Å². The van der Waals surface area contributed by atoms with Crippen molar-refractivity contribution < 1.29 is 9.90 Å². The third-order valence-corrected chi connectivity index (χ3v) is 3.50. The predicted molar refractivity (Wildman–Crippen MR) is 74.3 cm³/mol. The largest absolute Gasteiger partial charge is 0.478 e. The molecule has 0 amide bonds. The van der Waals surface area contributed by atoms with Gasteiger partial charge in [0, 0.05) is 19.3 Å². The van der Waals surface area contributed by atoms with Gasteiger partial charge in [-0.1, -0.05) is 0 Å². The molecule has 0 saturated carbocycles. The van der Waals surface area contributed by atoms with Crippen LogP contribution in [0.5, 0.6) is 0 Å². The highest BCUT2D eigenvalue weighted by atomic mass is 16.4. The second kappa shape index (κ2) is 5.88. The fourth-order valence-electron chi connectivity index (χ4n) is 2.48. The lowest BCUT2D eigenvalue weighted by molar-refractivity contribution is 0.0698. The lowest BCUT2D eigenvalue weighted by atomic mass is 9.98. The summed E-state index contributed by atoms with van der Waals surface area (Å²) >= 11 is 0. The molecule has 104 valence electrons. The Labute approximate surface area is 112 Å². The van der Waals surface area contributed by atoms with Crippen LogP contribution in [0.2, 0.25) is 0 Å². The van der Waals surface area contributed by atoms with Gasteiger partial charge >= 0.3 is 5.97 Å². The molecule has 6 nitrogen and oxygen atoms in total. The van der Waals surface area contributed by atoms with Crippen molar-refractivity contribution in [1.29, 1.82) is 0 Å². The summed E-state index contributed by atoms with van der Waals surface area (Å²) in [7, 11) is 2.11. The van der Waals surface area contributed by atoms with Crippen LogP contribution < -0.4 is 11.1 Å². The number of likely N-dealkylation sites (tertiary alicyclic amines) is 1. The van der Waals surface area contributed by atoms with Crippen LogP contribution in [0.25, 0.3) is 0 Å². The van der Waals surface area contributed by atoms with Crippen LogP contribution in [-0.4, -0.2) is 47.6 Å². The van der Waals surface area contributed by atoms with Crippen LogP contribution in [0.3, 0.4) is 0 Å². The van der Waals surface area contributed by atoms with E-state index in [-0.39, 0.29) is 11.3 Å². The van der Waals surface area contributed by atoms with Gasteiger partial charge in [-0.15, -0.1) is 0 Å². The minimum Gasteiger partial charge on any atom is -0.478 e. The number of aromatic nitrogens is 1. The van der Waals surface area contributed by atoms with E-state index in [0.717, 1.165) is 19.6 Å². The van der Waals surface area contributed by atoms with E-state index in [9.17, 15) is 4.79 Å². The molecule has 1 unspecified atom stereocenters. The summed E-state index contributed by atoms with van der Waals surface area (Å²) in [6, 6.07) is 1.41. The zero-order valence-electron chi connectivity index (χ0n) is 11.1. The number of nitrogens with two attached hydrogens (primary N) is 1. The number of aromatic carboxylic acids is 1. The lowest BCUT2D eigenvalue weighted by Crippen LogP contribution is -2.35. The number of pyridine rings is 1. The van der Waals surface area contributed by atoms with Crippen molar-refractivity contribution in [3.63, 3.8) is 0 Å². The number of carboxylic acids is 1. The van der Waals surface area contributed by atoms with E-state index in [1.165, 1.54) is 25.1 Å². The zero-order chi connectivity index (χ0) is 13.8. The summed E-state index contributed by atoms with van der Waals surface area (Å²) in [5, 5.41) is 12.2. The summed E-state index contributed by atoms with van der Waals surface area (Å²) in [4.78, 5) is 17.4. The molecule has 19 heavy (non-hydrogen) atoms. The Kier molecular flexibility index (Phi) is 4.21. The lowest BCUT2D eigenvalue weighted by Gasteiger charge is -2.29. The number of nitrogen functional groups attached to an aromatic ring is 1. The molecule has 0 aromatic carbocycles. The van der Waals surface area contributed by atoms with E-state index < -0.39 is 5.97 Å². The molecule has 2 rings (SSSR count). The minimum atomic E-state index is -1.03. The maximum atomic E-state index is 11.0. The van der Waals surface area contributed by atoms with Crippen molar-refractivity contribution in [2.45, 2.75) is 12.8 Å². The Morgan fingerprint density at radius 1 is 1.68 bits per heavy atom. The molecule has 1 saturated heterocycles. The number of carbonyl (C=O) groups is 1. The van der Waals surface area contributed by atoms with Crippen LogP contribution in [0.1, 0.15) is 23.2 Å². The first kappa shape index (κ1) is 13.6. The highest BCUT2D eigenvalue weighted by molar-refractivity contribution is 5.96. The number of carboxylic acid groups (broad SMARTS) is 1. The fourth-order valence-corrected chi connectivity index (χ4v) is 2.48. The van der Waals surface area contributed by atoms with Crippen molar-refractivity contribution in [2.24, 2.45) is 5.92 Å². The van der Waals surface area contributed by atoms with E-state index in [2.05, 4.69) is 22.2 Å². The molecular formula is C13H20N4O2. The summed E-state index contributed by atoms with van der Waals surface area (Å²) < 4.78 is 0. The first-order valence-electron chi connectivity index (χ1n) is 6.48. The minimum absolute atomic E-state index is 0.0956. The quantitative estimate of drug-likeness (QED) is 0.754. The highest BCUT2D eigenvalue weighted by Gasteiger charge is 2.18. The SMILES string of the molecule is CN1CCCC(CNc2nccc(C(=O)O)c2N)C1. The predicted octanol–water partition coefficient (Wildman–Crippen LogP) is 1.12. The second-order valence-electron chi connectivity index (χ2n) is 5.08. The smallest absolute Gasteiger partial charge is 0.337 e. The Balaban J connectivity index is 1.99. The first-order chi connectivity index (χ1) is 9.08. The first-order valence-corrected chi connectivity index (χ1v) is 6.48. The number of nitrogens with one attached hydrogen (secondary N) is 1. The molecule has 6 heteroatoms. The molecule has 0 aliphatic carbocycles. The summed E-state index contributed by atoms with van der Waals surface area (Å²) in [5.74, 6) is -0.0121. The Bertz CT molecular complexity index is 464. The van der Waals surface area contributed by atoms with Gasteiger partial charge in [-0.05, 0) is 38.4 Å². The van der Waals surface area contributed by atoms with Gasteiger partial charge in [-0.2, -0.15) is 0 Å². The van der Waals surface area contributed by atoms with Gasteiger partial charge in [0.25, 0.3) is 0 Å². The number of rotatable bonds is 4. The molecule has 1 aromatic heterocycles. The van der Waals surface area contributed by atoms with Crippen LogP contribution in [0.15, 0.2) is 12.3 Å². The molecule has 1 aliphatic rings. The van der Waals surface area contributed by atoms with Gasteiger partial charge in [0.2, 0.25) is 0 Å². The maximum Gasteiger partial charge on any atom is 0.337 e. The van der Waals surface area contributed by atoms with Gasteiger partial charge < -0.3 is 21.1 Å². The summed E-state index contributed by atoms with van der Waals surface area (Å²) in [5.41, 5.74) is 6.11. The van der Waals surface area contributed by atoms with E-state index in [0.29, 0.717) is 11.7 Å². The molecule has 1 atom stereocenters. The van der Waals surface area contributed by atoms with Gasteiger partial charge in [0.05, 0.1) is 11.3 Å². The van der Waals surface area contributed by atoms with Crippen molar-refractivity contribution in [3.8, 4) is 0 Å². The van der Waals surface area contributed by atoms with E-state index in [1.807, 2.05) is 0 Å². The maximum absolute atomic E-state index is 11.0. The molecular weight excluding hydrogens is 244 g/mol. The van der Waals surface area contributed by atoms with E-state index in [1.54, 1.807) is 0 Å². The molecule has 1 aliphatic heterocycles. The van der Waals surface area contributed by atoms with Crippen molar-refractivity contribution >= 4 is 17.5 Å². The van der Waals surface area contributed by atoms with Gasteiger partial charge in [-0.25, -0.2) is 9.78 Å². The van der Waals surface area contributed by atoms with Crippen molar-refractivity contribution in [3.05, 3.63) is 17.8 Å². The normalized spacial score (nSPS) is 20.2. The second-order valence-corrected chi connectivity index (χ2v) is 5.08. The Hall–Kier alpha value is -1.82. The standard InChI is InChI=1S/C13H20N4O2/c1-17-6-2-3-9(8-17)7-16-12-11(14)10(13(18)19)4-5-15-12/h4-5,9H,2-3,6-8,14H2,1H3,(H,15,16)(H,18,19). The fraction of sp³-hybridized carbons (Fsp3) is 0.538. The number of anilines is 2. The third kappa shape index (κ3) is 3.35. The number of nitrogens with zero attached hydrogens (tertiary/aromatic N) is 2. The molecule has 2 heterocycles. The molecule has 0 spiro atoms. The third-order valence-electron chi connectivity index (χ3n) is 3.50. The summed E-state index contributed by atoms with van der Waals surface area (Å²) in [6.07, 6.45) is 3.84. The van der Waals surface area contributed by atoms with Crippen LogP contribution >= 0.6 is 0 Å². The van der Waals surface area contributed by atoms with Gasteiger partial charge in [0.15, 0.2) is 0 Å². The van der Waals surface area contributed by atoms with Crippen molar-refractivity contribution in [1.82, 2.24) is 9.88 Å². The van der Waals surface area contributed by atoms with Crippen LogP contribution in [0, 0.1) is 5.92 Å². The van der Waals surface area contributed by atoms with Crippen LogP contribution in [-0.2, 0) is 0 Å². The Morgan fingerprint density at radius 2 is 2.47 bits per heavy atom. The molecule has 0 radical (unpaired) electrons. The molecule has 4 N–H and O–H groups in total.